The van der Waals surface area contributed by atoms with E-state index in [1.54, 1.807) is 30.5 Å². The number of nitrogens with zero attached hydrogens (tertiary/aromatic N) is 6. The quantitative estimate of drug-likeness (QED) is 0.180. The molecular weight excluding hydrogens is 498 g/mol. The molecule has 0 spiro atoms. The highest BCUT2D eigenvalue weighted by molar-refractivity contribution is 6.07. The Morgan fingerprint density at radius 3 is 2.59 bits per heavy atom. The van der Waals surface area contributed by atoms with Crippen molar-refractivity contribution in [3.05, 3.63) is 70.0 Å². The van der Waals surface area contributed by atoms with Gasteiger partial charge in [0, 0.05) is 56.6 Å². The molecule has 0 unspecified atom stereocenters. The Balaban J connectivity index is 0.00000420. The molecule has 39 heavy (non-hydrogen) atoms. The van der Waals surface area contributed by atoms with Gasteiger partial charge >= 0.3 is 5.97 Å². The van der Waals surface area contributed by atoms with E-state index in [1.165, 1.54) is 13.2 Å². The summed E-state index contributed by atoms with van der Waals surface area (Å²) < 4.78 is 6.81. The second-order valence-electron chi connectivity index (χ2n) is 9.38. The predicted octanol–water partition coefficient (Wildman–Crippen LogP) is 5.02. The van der Waals surface area contributed by atoms with E-state index in [1.807, 2.05) is 61.7 Å². The van der Waals surface area contributed by atoms with E-state index >= 15 is 0 Å². The van der Waals surface area contributed by atoms with Crippen LogP contribution in [0.4, 0.5) is 23.0 Å². The number of hydrogen-bond donors (Lipinski definition) is 1. The number of carbonyl (C=O) groups is 1. The van der Waals surface area contributed by atoms with Crippen LogP contribution in [0.3, 0.4) is 0 Å². The number of rotatable bonds is 9. The second-order valence-corrected chi connectivity index (χ2v) is 9.38. The molecule has 0 aliphatic carbocycles. The van der Waals surface area contributed by atoms with Gasteiger partial charge in [0.1, 0.15) is 5.69 Å². The molecule has 0 fully saturated rings. The molecule has 206 valence electrons. The average molecular weight is 534 g/mol. The Morgan fingerprint density at radius 2 is 1.92 bits per heavy atom. The molecular formula is C28H35N7O4. The molecule has 0 amide bonds. The van der Waals surface area contributed by atoms with Gasteiger partial charge in [0.15, 0.2) is 0 Å². The van der Waals surface area contributed by atoms with E-state index in [4.69, 9.17) is 4.74 Å². The van der Waals surface area contributed by atoms with Crippen molar-refractivity contribution in [1.29, 1.82) is 0 Å². The van der Waals surface area contributed by atoms with Crippen molar-refractivity contribution in [3.63, 3.8) is 0 Å². The van der Waals surface area contributed by atoms with Crippen molar-refractivity contribution in [2.24, 2.45) is 7.05 Å². The van der Waals surface area contributed by atoms with Gasteiger partial charge in [0.05, 0.1) is 34.5 Å². The minimum atomic E-state index is -0.415. The summed E-state index contributed by atoms with van der Waals surface area (Å²) in [6, 6.07) is 10.6. The number of ether oxygens (including phenoxy) is 1. The number of carbonyl (C=O) groups excluding carboxylic acids is 1. The van der Waals surface area contributed by atoms with Gasteiger partial charge in [-0.25, -0.2) is 14.8 Å². The number of nitro benzene ring substituents is 1. The van der Waals surface area contributed by atoms with E-state index in [0.717, 1.165) is 28.6 Å². The lowest BCUT2D eigenvalue weighted by Gasteiger charge is -2.22. The van der Waals surface area contributed by atoms with Gasteiger partial charge in [-0.1, -0.05) is 19.6 Å². The number of benzene rings is 2. The standard InChI is InChI=1S/C27H31N7O4.CH4/c1-17-14-23(32(4)13-12-31(2)3)24(34(36)37)15-22(17)30-27-28-11-10-21(29-27)20-16-33(5)25-18(20)8-7-9-19(25)26(35)38-6;/h7-11,14-16H,12-13H2,1-6H3,(H,28,29,30);1H4. The van der Waals surface area contributed by atoms with Crippen LogP contribution in [0.2, 0.25) is 0 Å². The summed E-state index contributed by atoms with van der Waals surface area (Å²) in [6.07, 6.45) is 3.53. The highest BCUT2D eigenvalue weighted by atomic mass is 16.6. The highest BCUT2D eigenvalue weighted by Gasteiger charge is 2.21. The van der Waals surface area contributed by atoms with Gasteiger partial charge in [0.2, 0.25) is 5.95 Å². The van der Waals surface area contributed by atoms with Gasteiger partial charge in [-0.3, -0.25) is 10.1 Å². The summed E-state index contributed by atoms with van der Waals surface area (Å²) in [5.74, 6) is -0.115. The molecule has 0 aliphatic rings. The first kappa shape index (κ1) is 29.1. The number of esters is 1. The third kappa shape index (κ3) is 5.99. The lowest BCUT2D eigenvalue weighted by Crippen LogP contribution is -2.29. The van der Waals surface area contributed by atoms with Crippen LogP contribution >= 0.6 is 0 Å². The van der Waals surface area contributed by atoms with Crippen LogP contribution in [0, 0.1) is 17.0 Å². The fourth-order valence-electron chi connectivity index (χ4n) is 4.38. The fraction of sp³-hybridized carbons (Fsp3) is 0.321. The first-order valence-electron chi connectivity index (χ1n) is 12.0. The number of aryl methyl sites for hydroxylation is 2. The van der Waals surface area contributed by atoms with Crippen LogP contribution in [-0.4, -0.2) is 71.7 Å². The number of hydrogen-bond acceptors (Lipinski definition) is 9. The number of nitro groups is 1. The van der Waals surface area contributed by atoms with Gasteiger partial charge in [-0.05, 0) is 44.8 Å². The molecule has 2 aromatic heterocycles. The van der Waals surface area contributed by atoms with Crippen molar-refractivity contribution < 1.29 is 14.5 Å². The van der Waals surface area contributed by atoms with E-state index in [2.05, 4.69) is 15.3 Å². The maximum absolute atomic E-state index is 12.3. The normalized spacial score (nSPS) is 10.8. The molecule has 0 saturated heterocycles. The first-order chi connectivity index (χ1) is 18.1. The van der Waals surface area contributed by atoms with Crippen LogP contribution in [0.25, 0.3) is 22.2 Å². The molecule has 0 radical (unpaired) electrons. The lowest BCUT2D eigenvalue weighted by molar-refractivity contribution is -0.384. The Hall–Kier alpha value is -4.51. The number of anilines is 3. The molecule has 2 heterocycles. The van der Waals surface area contributed by atoms with Crippen LogP contribution in [0.5, 0.6) is 0 Å². The summed E-state index contributed by atoms with van der Waals surface area (Å²) in [6.45, 7) is 3.30. The molecule has 11 nitrogen and oxygen atoms in total. The number of para-hydroxylation sites is 1. The molecule has 4 aromatic rings. The van der Waals surface area contributed by atoms with Crippen LogP contribution in [0.15, 0.2) is 48.8 Å². The van der Waals surface area contributed by atoms with Gasteiger partial charge in [-0.2, -0.15) is 0 Å². The van der Waals surface area contributed by atoms with E-state index < -0.39 is 5.97 Å². The van der Waals surface area contributed by atoms with Gasteiger partial charge in [0.25, 0.3) is 5.69 Å². The van der Waals surface area contributed by atoms with Gasteiger partial charge < -0.3 is 24.4 Å². The van der Waals surface area contributed by atoms with Crippen LogP contribution < -0.4 is 10.2 Å². The summed E-state index contributed by atoms with van der Waals surface area (Å²) in [5.41, 5.74) is 4.58. The number of methoxy groups -OCH3 is 1. The second kappa shape index (κ2) is 11.9. The third-order valence-corrected chi connectivity index (χ3v) is 6.40. The number of fused-ring (bicyclic) bond motifs is 1. The smallest absolute Gasteiger partial charge is 0.340 e. The Bertz CT molecular complexity index is 1510. The van der Waals surface area contributed by atoms with E-state index in [-0.39, 0.29) is 18.0 Å². The highest BCUT2D eigenvalue weighted by Crippen LogP contribution is 2.35. The maximum Gasteiger partial charge on any atom is 0.340 e. The predicted molar refractivity (Wildman–Crippen MR) is 155 cm³/mol. The maximum atomic E-state index is 12.3. The topological polar surface area (TPSA) is 119 Å². The van der Waals surface area contributed by atoms with Crippen molar-refractivity contribution in [2.45, 2.75) is 14.4 Å². The minimum absolute atomic E-state index is 0. The number of nitrogens with one attached hydrogen (secondary N) is 1. The molecule has 0 atom stereocenters. The number of likely N-dealkylation sites (N-methyl/N-ethyl adjacent to an activating group) is 2. The zero-order valence-corrected chi connectivity index (χ0v) is 22.3. The Labute approximate surface area is 228 Å². The average Bonchev–Trinajstić information content (AvgIpc) is 3.24. The Morgan fingerprint density at radius 1 is 1.18 bits per heavy atom. The molecule has 4 rings (SSSR count). The Kier molecular flexibility index (Phi) is 8.87. The SMILES string of the molecule is C.COC(=O)c1cccc2c(-c3ccnc(Nc4cc([N+](=O)[O-])c(N(C)CCN(C)C)cc4C)n3)cn(C)c12. The lowest BCUT2D eigenvalue weighted by atomic mass is 10.1. The third-order valence-electron chi connectivity index (χ3n) is 6.40. The monoisotopic (exact) mass is 533 g/mol. The first-order valence-corrected chi connectivity index (χ1v) is 12.0. The van der Waals surface area contributed by atoms with Gasteiger partial charge in [-0.15, -0.1) is 0 Å². The van der Waals surface area contributed by atoms with Crippen molar-refractivity contribution in [2.75, 3.05) is 51.6 Å². The van der Waals surface area contributed by atoms with Crippen LogP contribution in [-0.2, 0) is 11.8 Å². The van der Waals surface area contributed by atoms with E-state index in [0.29, 0.717) is 35.1 Å². The molecule has 0 bridgehead atoms. The van der Waals surface area contributed by atoms with Crippen molar-refractivity contribution >= 4 is 39.9 Å². The molecule has 0 aliphatic heterocycles. The molecule has 2 aromatic carbocycles. The van der Waals surface area contributed by atoms with E-state index in [9.17, 15) is 14.9 Å². The molecule has 0 saturated carbocycles. The molecule has 1 N–H and O–H groups in total. The zero-order valence-electron chi connectivity index (χ0n) is 22.3. The summed E-state index contributed by atoms with van der Waals surface area (Å²) in [7, 11) is 8.99. The van der Waals surface area contributed by atoms with Crippen LogP contribution in [0.1, 0.15) is 23.3 Å². The minimum Gasteiger partial charge on any atom is -0.465 e. The summed E-state index contributed by atoms with van der Waals surface area (Å²) >= 11 is 0. The largest absolute Gasteiger partial charge is 0.465 e. The summed E-state index contributed by atoms with van der Waals surface area (Å²) in [4.78, 5) is 36.8. The van der Waals surface area contributed by atoms with Crippen molar-refractivity contribution in [3.8, 4) is 11.3 Å². The number of aromatic nitrogens is 3. The summed E-state index contributed by atoms with van der Waals surface area (Å²) in [5, 5.41) is 15.9. The zero-order chi connectivity index (χ0) is 27.6. The fourth-order valence-corrected chi connectivity index (χ4v) is 4.38. The van der Waals surface area contributed by atoms with Crippen molar-refractivity contribution in [1.82, 2.24) is 19.4 Å². The molecule has 11 heteroatoms.